The summed E-state index contributed by atoms with van der Waals surface area (Å²) in [4.78, 5) is 11.8. The standard InChI is InChI=1S/C13H19F3N4/c1-3-19(4-2)10-6-8-20(9-10)12-17-7-5-11(18-12)13(14,15)16/h5,7,10H,3-4,6,8-9H2,1-2H3. The highest BCUT2D eigenvalue weighted by Gasteiger charge is 2.34. The number of hydrogen-bond acceptors (Lipinski definition) is 4. The highest BCUT2D eigenvalue weighted by Crippen LogP contribution is 2.29. The molecule has 4 nitrogen and oxygen atoms in total. The van der Waals surface area contributed by atoms with Crippen LogP contribution in [0.2, 0.25) is 0 Å². The van der Waals surface area contributed by atoms with Gasteiger partial charge in [0.2, 0.25) is 5.95 Å². The molecule has 2 rings (SSSR count). The van der Waals surface area contributed by atoms with E-state index in [2.05, 4.69) is 28.7 Å². The third-order valence-electron chi connectivity index (χ3n) is 3.71. The molecule has 0 N–H and O–H groups in total. The second-order valence-electron chi connectivity index (χ2n) is 4.85. The number of hydrogen-bond donors (Lipinski definition) is 0. The van der Waals surface area contributed by atoms with E-state index in [-0.39, 0.29) is 5.95 Å². The highest BCUT2D eigenvalue weighted by molar-refractivity contribution is 5.33. The molecule has 0 aromatic carbocycles. The van der Waals surface area contributed by atoms with Crippen molar-refractivity contribution < 1.29 is 13.2 Å². The van der Waals surface area contributed by atoms with Crippen molar-refractivity contribution in [1.82, 2.24) is 14.9 Å². The number of likely N-dealkylation sites (N-methyl/N-ethyl adjacent to an activating group) is 1. The zero-order valence-electron chi connectivity index (χ0n) is 11.7. The van der Waals surface area contributed by atoms with Crippen molar-refractivity contribution in [2.75, 3.05) is 31.1 Å². The maximum atomic E-state index is 12.7. The van der Waals surface area contributed by atoms with Crippen LogP contribution in [-0.2, 0) is 6.18 Å². The van der Waals surface area contributed by atoms with Gasteiger partial charge in [-0.15, -0.1) is 0 Å². The summed E-state index contributed by atoms with van der Waals surface area (Å²) in [5.74, 6) is 0.175. The summed E-state index contributed by atoms with van der Waals surface area (Å²) in [5, 5.41) is 0. The topological polar surface area (TPSA) is 32.3 Å². The molecule has 1 fully saturated rings. The highest BCUT2D eigenvalue weighted by atomic mass is 19.4. The van der Waals surface area contributed by atoms with Gasteiger partial charge in [-0.2, -0.15) is 13.2 Å². The van der Waals surface area contributed by atoms with Gasteiger partial charge in [-0.1, -0.05) is 13.8 Å². The predicted molar refractivity (Wildman–Crippen MR) is 70.6 cm³/mol. The van der Waals surface area contributed by atoms with Crippen LogP contribution in [0.3, 0.4) is 0 Å². The van der Waals surface area contributed by atoms with Gasteiger partial charge in [0.05, 0.1) is 0 Å². The minimum Gasteiger partial charge on any atom is -0.339 e. The fourth-order valence-corrected chi connectivity index (χ4v) is 2.62. The summed E-state index contributed by atoms with van der Waals surface area (Å²) in [6, 6.07) is 1.27. The summed E-state index contributed by atoms with van der Waals surface area (Å²) in [5.41, 5.74) is -0.881. The first-order chi connectivity index (χ1) is 9.45. The number of aromatic nitrogens is 2. The molecule has 7 heteroatoms. The molecule has 20 heavy (non-hydrogen) atoms. The molecule has 0 radical (unpaired) electrons. The van der Waals surface area contributed by atoms with E-state index in [4.69, 9.17) is 0 Å². The fraction of sp³-hybridized carbons (Fsp3) is 0.692. The maximum Gasteiger partial charge on any atom is 0.433 e. The van der Waals surface area contributed by atoms with Crippen molar-refractivity contribution in [3.63, 3.8) is 0 Å². The number of alkyl halides is 3. The van der Waals surface area contributed by atoms with Crippen molar-refractivity contribution in [3.05, 3.63) is 18.0 Å². The zero-order chi connectivity index (χ0) is 14.8. The lowest BCUT2D eigenvalue weighted by atomic mass is 10.2. The normalized spacial score (nSPS) is 19.9. The summed E-state index contributed by atoms with van der Waals surface area (Å²) >= 11 is 0. The molecule has 1 aromatic heterocycles. The number of nitrogens with zero attached hydrogens (tertiary/aromatic N) is 4. The van der Waals surface area contributed by atoms with Crippen LogP contribution in [0, 0.1) is 0 Å². The lowest BCUT2D eigenvalue weighted by Gasteiger charge is -2.26. The average molecular weight is 288 g/mol. The van der Waals surface area contributed by atoms with Gasteiger partial charge < -0.3 is 4.90 Å². The first-order valence-corrected chi connectivity index (χ1v) is 6.85. The van der Waals surface area contributed by atoms with Gasteiger partial charge in [-0.3, -0.25) is 4.90 Å². The van der Waals surface area contributed by atoms with E-state index in [1.807, 2.05) is 4.90 Å². The first kappa shape index (κ1) is 15.0. The predicted octanol–water partition coefficient (Wildman–Crippen LogP) is 2.42. The Kier molecular flexibility index (Phi) is 4.47. The van der Waals surface area contributed by atoms with Crippen LogP contribution < -0.4 is 4.90 Å². The molecule has 1 aliphatic heterocycles. The van der Waals surface area contributed by atoms with Gasteiger partial charge in [-0.25, -0.2) is 9.97 Å². The fourth-order valence-electron chi connectivity index (χ4n) is 2.62. The van der Waals surface area contributed by atoms with Gasteiger partial charge in [0.1, 0.15) is 5.69 Å². The van der Waals surface area contributed by atoms with E-state index in [1.165, 1.54) is 6.20 Å². The number of anilines is 1. The Hall–Kier alpha value is -1.37. The van der Waals surface area contributed by atoms with Gasteiger partial charge in [0.15, 0.2) is 0 Å². The SMILES string of the molecule is CCN(CC)C1CCN(c2nccc(C(F)(F)F)n2)C1. The van der Waals surface area contributed by atoms with Crippen LogP contribution in [0.1, 0.15) is 26.0 Å². The van der Waals surface area contributed by atoms with Gasteiger partial charge in [-0.05, 0) is 25.6 Å². The Morgan fingerprint density at radius 2 is 2.05 bits per heavy atom. The van der Waals surface area contributed by atoms with Crippen molar-refractivity contribution in [1.29, 1.82) is 0 Å². The minimum atomic E-state index is -4.42. The average Bonchev–Trinajstić information content (AvgIpc) is 2.89. The van der Waals surface area contributed by atoms with Crippen LogP contribution >= 0.6 is 0 Å². The second-order valence-corrected chi connectivity index (χ2v) is 4.85. The van der Waals surface area contributed by atoms with Gasteiger partial charge in [0, 0.05) is 25.3 Å². The van der Waals surface area contributed by atoms with E-state index in [0.29, 0.717) is 19.1 Å². The molecule has 1 aliphatic rings. The zero-order valence-corrected chi connectivity index (χ0v) is 11.7. The third kappa shape index (κ3) is 3.20. The van der Waals surface area contributed by atoms with Crippen molar-refractivity contribution in [3.8, 4) is 0 Å². The molecule has 0 saturated carbocycles. The summed E-state index contributed by atoms with van der Waals surface area (Å²) < 4.78 is 38.0. The van der Waals surface area contributed by atoms with Gasteiger partial charge >= 0.3 is 6.18 Å². The molecule has 1 atom stereocenters. The summed E-state index contributed by atoms with van der Waals surface area (Å²) in [6.45, 7) is 7.45. The molecule has 2 heterocycles. The Morgan fingerprint density at radius 3 is 2.65 bits per heavy atom. The Labute approximate surface area is 116 Å². The third-order valence-corrected chi connectivity index (χ3v) is 3.71. The Morgan fingerprint density at radius 1 is 1.35 bits per heavy atom. The quantitative estimate of drug-likeness (QED) is 0.851. The Balaban J connectivity index is 2.10. The molecular weight excluding hydrogens is 269 g/mol. The van der Waals surface area contributed by atoms with E-state index >= 15 is 0 Å². The monoisotopic (exact) mass is 288 g/mol. The minimum absolute atomic E-state index is 0.175. The smallest absolute Gasteiger partial charge is 0.339 e. The second kappa shape index (κ2) is 5.95. The maximum absolute atomic E-state index is 12.7. The van der Waals surface area contributed by atoms with Crippen molar-refractivity contribution in [2.24, 2.45) is 0 Å². The van der Waals surface area contributed by atoms with Crippen LogP contribution in [-0.4, -0.2) is 47.1 Å². The number of halogens is 3. The molecule has 0 bridgehead atoms. The lowest BCUT2D eigenvalue weighted by molar-refractivity contribution is -0.141. The molecule has 0 spiro atoms. The van der Waals surface area contributed by atoms with E-state index in [9.17, 15) is 13.2 Å². The molecule has 1 saturated heterocycles. The first-order valence-electron chi connectivity index (χ1n) is 6.85. The van der Waals surface area contributed by atoms with Crippen LogP contribution in [0.4, 0.5) is 19.1 Å². The van der Waals surface area contributed by atoms with E-state index in [1.54, 1.807) is 0 Å². The molecular formula is C13H19F3N4. The van der Waals surface area contributed by atoms with Crippen molar-refractivity contribution >= 4 is 5.95 Å². The van der Waals surface area contributed by atoms with Crippen LogP contribution in [0.15, 0.2) is 12.3 Å². The summed E-state index contributed by atoms with van der Waals surface area (Å²) in [7, 11) is 0. The molecule has 0 amide bonds. The number of rotatable bonds is 4. The van der Waals surface area contributed by atoms with Crippen LogP contribution in [0.25, 0.3) is 0 Å². The van der Waals surface area contributed by atoms with E-state index < -0.39 is 11.9 Å². The molecule has 1 aromatic rings. The largest absolute Gasteiger partial charge is 0.433 e. The van der Waals surface area contributed by atoms with Gasteiger partial charge in [0.25, 0.3) is 0 Å². The van der Waals surface area contributed by atoms with E-state index in [0.717, 1.165) is 25.6 Å². The summed E-state index contributed by atoms with van der Waals surface area (Å²) in [6.07, 6.45) is -2.31. The lowest BCUT2D eigenvalue weighted by Crippen LogP contribution is -2.37. The van der Waals surface area contributed by atoms with Crippen molar-refractivity contribution in [2.45, 2.75) is 32.5 Å². The molecule has 112 valence electrons. The Bertz CT molecular complexity index is 445. The molecule has 1 unspecified atom stereocenters. The van der Waals surface area contributed by atoms with Crippen LogP contribution in [0.5, 0.6) is 0 Å². The molecule has 0 aliphatic carbocycles.